The number of hydrogen-bond donors (Lipinski definition) is 0. The molecule has 0 saturated heterocycles. The van der Waals surface area contributed by atoms with Crippen LogP contribution in [0.2, 0.25) is 0 Å². The summed E-state index contributed by atoms with van der Waals surface area (Å²) < 4.78 is 0. The summed E-state index contributed by atoms with van der Waals surface area (Å²) in [6.07, 6.45) is 0. The molecule has 0 unspecified atom stereocenters. The van der Waals surface area contributed by atoms with Crippen LogP contribution >= 0.6 is 0 Å². The highest BCUT2D eigenvalue weighted by atomic mass is 14.2. The summed E-state index contributed by atoms with van der Waals surface area (Å²) in [4.78, 5) is 0. The van der Waals surface area contributed by atoms with Crippen molar-refractivity contribution in [1.82, 2.24) is 0 Å². The van der Waals surface area contributed by atoms with Gasteiger partial charge in [-0.15, -0.1) is 0 Å². The first-order chi connectivity index (χ1) is 8.00. The summed E-state index contributed by atoms with van der Waals surface area (Å²) in [5.74, 6) is 0. The van der Waals surface area contributed by atoms with E-state index in [-0.39, 0.29) is 0 Å². The molecule has 0 aromatic rings. The molecule has 0 spiro atoms. The molecule has 0 heterocycles. The summed E-state index contributed by atoms with van der Waals surface area (Å²) in [5, 5.41) is 52.0. The third kappa shape index (κ3) is 47.4. The zero-order valence-electron chi connectivity index (χ0n) is 8.20. The van der Waals surface area contributed by atoms with Gasteiger partial charge in [-0.05, 0) is 0 Å². The van der Waals surface area contributed by atoms with Crippen molar-refractivity contribution < 1.29 is 0 Å². The van der Waals surface area contributed by atoms with E-state index in [1.165, 1.54) is 0 Å². The van der Waals surface area contributed by atoms with Crippen LogP contribution in [0.25, 0.3) is 0 Å². The normalized spacial score (nSPS) is 1.00. The van der Waals surface area contributed by atoms with E-state index in [0.717, 1.165) is 0 Å². The first kappa shape index (κ1) is 92.5. The van der Waals surface area contributed by atoms with Crippen LogP contribution in [0.5, 0.6) is 0 Å². The highest BCUT2D eigenvalue weighted by Gasteiger charge is 0.526. The lowest BCUT2D eigenvalue weighted by Gasteiger charge is -0.668. The van der Waals surface area contributed by atoms with Crippen molar-refractivity contribution in [2.75, 3.05) is 0 Å². The number of rotatable bonds is 0. The summed E-state index contributed by atoms with van der Waals surface area (Å²) >= 11 is 0. The van der Waals surface area contributed by atoms with E-state index in [1.807, 2.05) is 0 Å². The van der Waals surface area contributed by atoms with Gasteiger partial charge in [0, 0.05) is 52.6 Å². The first-order valence-electron chi connectivity index (χ1n) is 2.07. The summed E-state index contributed by atoms with van der Waals surface area (Å²) in [7, 11) is 0. The standard InChI is InChI=1S/8CHN/c8*1-2/h8*1H. The van der Waals surface area contributed by atoms with Crippen LogP contribution in [0.1, 0.15) is 0 Å². The second-order valence-electron chi connectivity index (χ2n) is 0. The second-order valence-corrected chi connectivity index (χ2v) is 0. The van der Waals surface area contributed by atoms with Gasteiger partial charge >= 0.3 is 0 Å². The maximum atomic E-state index is 6.50. The molecule has 0 bridgehead atoms. The van der Waals surface area contributed by atoms with Crippen LogP contribution in [0, 0.1) is 94.7 Å². The predicted octanol–water partition coefficient (Wildman–Crippen LogP) is 1.12. The molecule has 8 heteroatoms. The van der Waals surface area contributed by atoms with Gasteiger partial charge in [0.1, 0.15) is 0 Å². The monoisotopic (exact) mass is 216 g/mol. The number of nitrogens with zero attached hydrogens (tertiary/aromatic N) is 8. The van der Waals surface area contributed by atoms with Gasteiger partial charge in [0.05, 0.1) is 0 Å². The van der Waals surface area contributed by atoms with Gasteiger partial charge in [-0.3, -0.25) is 0 Å². The lowest BCUT2D eigenvalue weighted by atomic mass is 11.9. The van der Waals surface area contributed by atoms with Crippen LogP contribution in [0.15, 0.2) is 0 Å². The average molecular weight is 216 g/mol. The highest BCUT2D eigenvalue weighted by molar-refractivity contribution is 4.04. The molecule has 0 radical (unpaired) electrons. The van der Waals surface area contributed by atoms with Crippen LogP contribution in [0.4, 0.5) is 0 Å². The zero-order valence-corrected chi connectivity index (χ0v) is 8.20. The minimum absolute atomic E-state index is 3.50. The van der Waals surface area contributed by atoms with Gasteiger partial charge in [0.15, 0.2) is 0 Å². The molecule has 80 valence electrons. The SMILES string of the molecule is C#N.C#N.C#N.C#N.C#N.C#N.C#N.C#N. The molecule has 0 aliphatic rings. The van der Waals surface area contributed by atoms with Gasteiger partial charge in [0.2, 0.25) is 0 Å². The highest BCUT2D eigenvalue weighted by Crippen LogP contribution is 0.600. The number of nitriles is 8. The minimum Gasteiger partial charge on any atom is -0.202 e. The quantitative estimate of drug-likeness (QED) is 0.574. The van der Waals surface area contributed by atoms with Crippen LogP contribution < -0.4 is 0 Å². The smallest absolute Gasteiger partial charge is 0.0462 e. The van der Waals surface area contributed by atoms with E-state index < -0.39 is 0 Å². The van der Waals surface area contributed by atoms with Crippen molar-refractivity contribution in [3.8, 4) is 52.6 Å². The Balaban J connectivity index is -0.00000000762. The molecule has 0 aromatic heterocycles. The Morgan fingerprint density at radius 1 is 0.188 bits per heavy atom. The van der Waals surface area contributed by atoms with Gasteiger partial charge in [-0.25, -0.2) is 42.1 Å². The second kappa shape index (κ2) is 64.6. The Kier molecular flexibility index (Phi) is 373. The lowest BCUT2D eigenvalue weighted by molar-refractivity contribution is 1.58. The summed E-state index contributed by atoms with van der Waals surface area (Å²) in [6, 6.07) is 0. The fourth-order valence-corrected chi connectivity index (χ4v) is 0. The van der Waals surface area contributed by atoms with Gasteiger partial charge < -0.3 is 0 Å². The van der Waals surface area contributed by atoms with Crippen LogP contribution in [-0.4, -0.2) is 0 Å². The first-order valence-corrected chi connectivity index (χ1v) is 2.07. The molecule has 0 N–H and O–H groups in total. The Morgan fingerprint density at radius 3 is 0.188 bits per heavy atom. The molecule has 8 nitrogen and oxygen atoms in total. The minimum atomic E-state index is 3.50. The molecular weight excluding hydrogens is 208 g/mol. The van der Waals surface area contributed by atoms with Crippen LogP contribution in [0.3, 0.4) is 0 Å². The van der Waals surface area contributed by atoms with Gasteiger partial charge in [0.25, 0.3) is 0 Å². The average Bonchev–Trinajstić information content (AvgIpc) is 2.54. The van der Waals surface area contributed by atoms with Gasteiger partial charge in [-0.1, -0.05) is 0 Å². The van der Waals surface area contributed by atoms with E-state index in [0.29, 0.717) is 0 Å². The van der Waals surface area contributed by atoms with Crippen LogP contribution in [-0.2, 0) is 0 Å². The molecule has 0 saturated carbocycles. The fourth-order valence-electron chi connectivity index (χ4n) is 0. The van der Waals surface area contributed by atoms with E-state index in [1.54, 1.807) is 0 Å². The molecule has 0 rings (SSSR count). The Labute approximate surface area is 95.5 Å². The Hall–Kier alpha value is -4.08. The molecule has 0 amide bonds. The van der Waals surface area contributed by atoms with Crippen molar-refractivity contribution >= 4 is 0 Å². The Bertz CT molecular complexity index is 126. The lowest BCUT2D eigenvalue weighted by Crippen LogP contribution is -0.569. The van der Waals surface area contributed by atoms with Crippen molar-refractivity contribution in [1.29, 1.82) is 42.1 Å². The molecule has 0 atom stereocenters. The molecular formula is C8H8N8. The van der Waals surface area contributed by atoms with E-state index in [2.05, 4.69) is 52.6 Å². The molecule has 0 aromatic carbocycles. The fraction of sp³-hybridized carbons (Fsp3) is 0. The molecule has 0 aliphatic heterocycles. The van der Waals surface area contributed by atoms with Crippen molar-refractivity contribution in [3.63, 3.8) is 0 Å². The summed E-state index contributed by atoms with van der Waals surface area (Å²) in [6.45, 7) is 28.0. The maximum absolute atomic E-state index is 6.50. The topological polar surface area (TPSA) is 190 Å². The Morgan fingerprint density at radius 2 is 0.188 bits per heavy atom. The molecule has 16 heavy (non-hydrogen) atoms. The largest absolute Gasteiger partial charge is 0.202 e. The third-order valence-corrected chi connectivity index (χ3v) is 0. The van der Waals surface area contributed by atoms with E-state index in [9.17, 15) is 0 Å². The molecule has 0 aliphatic carbocycles. The van der Waals surface area contributed by atoms with E-state index in [4.69, 9.17) is 42.1 Å². The maximum Gasteiger partial charge on any atom is 0.0462 e. The number of hydrogen-bond acceptors (Lipinski definition) is 8. The van der Waals surface area contributed by atoms with Crippen molar-refractivity contribution in [3.05, 3.63) is 0 Å². The predicted molar refractivity (Wildman–Crippen MR) is 53.4 cm³/mol. The summed E-state index contributed by atoms with van der Waals surface area (Å²) in [5.41, 5.74) is 0. The molecule has 0 fully saturated rings. The van der Waals surface area contributed by atoms with Crippen molar-refractivity contribution in [2.24, 2.45) is 0 Å². The van der Waals surface area contributed by atoms with Crippen molar-refractivity contribution in [2.45, 2.75) is 0 Å². The third-order valence-electron chi connectivity index (χ3n) is 0. The van der Waals surface area contributed by atoms with E-state index >= 15 is 0 Å². The zero-order chi connectivity index (χ0) is 16.0. The van der Waals surface area contributed by atoms with Gasteiger partial charge in [-0.2, -0.15) is 0 Å².